The molecular weight excluding hydrogens is 464 g/mol. The Balaban J connectivity index is 1.27. The first-order valence-electron chi connectivity index (χ1n) is 12.0. The van der Waals surface area contributed by atoms with Crippen LogP contribution in [0.1, 0.15) is 29.5 Å². The number of urea groups is 1. The summed E-state index contributed by atoms with van der Waals surface area (Å²) in [7, 11) is 0. The summed E-state index contributed by atoms with van der Waals surface area (Å²) < 4.78 is 11.3. The van der Waals surface area contributed by atoms with Gasteiger partial charge in [0.05, 0.1) is 16.7 Å². The van der Waals surface area contributed by atoms with Crippen molar-refractivity contribution in [2.24, 2.45) is 0 Å². The zero-order valence-electron chi connectivity index (χ0n) is 19.7. The van der Waals surface area contributed by atoms with Gasteiger partial charge >= 0.3 is 6.03 Å². The summed E-state index contributed by atoms with van der Waals surface area (Å²) in [5, 5.41) is 20.2. The molecule has 184 valence electrons. The van der Waals surface area contributed by atoms with Gasteiger partial charge in [0.2, 0.25) is 0 Å². The average Bonchev–Trinajstić information content (AvgIpc) is 3.55. The van der Waals surface area contributed by atoms with Crippen LogP contribution in [0.3, 0.4) is 0 Å². The molecule has 0 bridgehead atoms. The number of hydrogen-bond donors (Lipinski definition) is 3. The van der Waals surface area contributed by atoms with Crippen molar-refractivity contribution in [3.05, 3.63) is 58.4 Å². The van der Waals surface area contributed by atoms with E-state index in [1.807, 2.05) is 48.7 Å². The monoisotopic (exact) mass is 494 g/mol. The number of thiazole rings is 1. The molecule has 0 spiro atoms. The van der Waals surface area contributed by atoms with Crippen LogP contribution >= 0.6 is 11.3 Å². The number of carbonyl (C=O) groups is 1. The van der Waals surface area contributed by atoms with Crippen molar-refractivity contribution >= 4 is 23.1 Å². The lowest BCUT2D eigenvalue weighted by Crippen LogP contribution is -2.48. The molecule has 0 radical (unpaired) electrons. The van der Waals surface area contributed by atoms with Crippen LogP contribution in [0.4, 0.5) is 10.5 Å². The second-order valence-electron chi connectivity index (χ2n) is 8.89. The lowest BCUT2D eigenvalue weighted by Gasteiger charge is -2.29. The molecule has 1 aromatic heterocycles. The molecule has 2 atom stereocenters. The van der Waals surface area contributed by atoms with Gasteiger partial charge in [-0.2, -0.15) is 0 Å². The number of amides is 2. The lowest BCUT2D eigenvalue weighted by atomic mass is 10.0. The number of carbonyl (C=O) groups excluding carboxylic acids is 1. The predicted octanol–water partition coefficient (Wildman–Crippen LogP) is 4.21. The van der Waals surface area contributed by atoms with Crippen LogP contribution in [0.25, 0.3) is 11.3 Å². The van der Waals surface area contributed by atoms with Crippen molar-refractivity contribution in [3.8, 4) is 22.8 Å². The Morgan fingerprint density at radius 2 is 1.86 bits per heavy atom. The Hall–Kier alpha value is -3.14. The van der Waals surface area contributed by atoms with Crippen molar-refractivity contribution in [1.82, 2.24) is 15.2 Å². The molecule has 35 heavy (non-hydrogen) atoms. The standard InChI is InChI=1S/C26H30N4O4S/c1-17-27-22(16-35-17)18-4-7-20(8-5-18)28-26(32)29-21(15-30-10-2-3-11-30)25(31)19-6-9-23-24(14-19)34-13-12-33-23/h4-9,14,16,21,25,31H,2-3,10-13,15H2,1H3,(H2,28,29,32). The summed E-state index contributed by atoms with van der Waals surface area (Å²) in [6.45, 7) is 5.46. The minimum atomic E-state index is -0.896. The molecule has 2 aliphatic heterocycles. The van der Waals surface area contributed by atoms with Crippen LogP contribution < -0.4 is 20.1 Å². The normalized spacial score (nSPS) is 17.1. The molecule has 2 amide bonds. The Bertz CT molecular complexity index is 1160. The highest BCUT2D eigenvalue weighted by Gasteiger charge is 2.28. The summed E-state index contributed by atoms with van der Waals surface area (Å²) in [4.78, 5) is 19.7. The van der Waals surface area contributed by atoms with Gasteiger partial charge in [0.25, 0.3) is 0 Å². The molecule has 5 rings (SSSR count). The fourth-order valence-electron chi connectivity index (χ4n) is 4.50. The summed E-state index contributed by atoms with van der Waals surface area (Å²) in [5.74, 6) is 1.29. The summed E-state index contributed by atoms with van der Waals surface area (Å²) in [6.07, 6.45) is 1.36. The number of aliphatic hydroxyl groups is 1. The zero-order valence-corrected chi connectivity index (χ0v) is 20.5. The fraction of sp³-hybridized carbons (Fsp3) is 0.385. The summed E-state index contributed by atoms with van der Waals surface area (Å²) >= 11 is 1.61. The maximum Gasteiger partial charge on any atom is 0.319 e. The minimum Gasteiger partial charge on any atom is -0.486 e. The number of nitrogens with one attached hydrogen (secondary N) is 2. The third-order valence-electron chi connectivity index (χ3n) is 6.32. The predicted molar refractivity (Wildman–Crippen MR) is 136 cm³/mol. The number of fused-ring (bicyclic) bond motifs is 1. The van der Waals surface area contributed by atoms with Gasteiger partial charge in [-0.25, -0.2) is 9.78 Å². The van der Waals surface area contributed by atoms with Gasteiger partial charge in [-0.1, -0.05) is 18.2 Å². The molecule has 1 fully saturated rings. The maximum absolute atomic E-state index is 12.9. The average molecular weight is 495 g/mol. The van der Waals surface area contributed by atoms with Gasteiger partial charge in [0, 0.05) is 23.2 Å². The minimum absolute atomic E-state index is 0.358. The number of aromatic nitrogens is 1. The molecule has 8 nitrogen and oxygen atoms in total. The molecule has 0 saturated carbocycles. The van der Waals surface area contributed by atoms with Crippen molar-refractivity contribution in [3.63, 3.8) is 0 Å². The SMILES string of the molecule is Cc1nc(-c2ccc(NC(=O)NC(CN3CCCC3)C(O)c3ccc4c(c3)OCCO4)cc2)cs1. The van der Waals surface area contributed by atoms with Crippen molar-refractivity contribution in [2.75, 3.05) is 38.2 Å². The summed E-state index contributed by atoms with van der Waals surface area (Å²) in [6, 6.07) is 12.2. The third kappa shape index (κ3) is 5.75. The number of nitrogens with zero attached hydrogens (tertiary/aromatic N) is 2. The van der Waals surface area contributed by atoms with Crippen LogP contribution in [0.2, 0.25) is 0 Å². The molecule has 0 aliphatic carbocycles. The Morgan fingerprint density at radius 1 is 1.11 bits per heavy atom. The molecule has 1 saturated heterocycles. The van der Waals surface area contributed by atoms with Crippen molar-refractivity contribution in [2.45, 2.75) is 31.9 Å². The van der Waals surface area contributed by atoms with E-state index >= 15 is 0 Å². The number of likely N-dealkylation sites (tertiary alicyclic amines) is 1. The van der Waals surface area contributed by atoms with Crippen LogP contribution in [-0.4, -0.2) is 59.9 Å². The van der Waals surface area contributed by atoms with E-state index in [4.69, 9.17) is 9.47 Å². The number of benzene rings is 2. The van der Waals surface area contributed by atoms with E-state index in [0.29, 0.717) is 42.5 Å². The van der Waals surface area contributed by atoms with Gasteiger partial charge in [0.15, 0.2) is 11.5 Å². The van der Waals surface area contributed by atoms with Gasteiger partial charge in [-0.05, 0) is 62.7 Å². The fourth-order valence-corrected chi connectivity index (χ4v) is 5.12. The highest BCUT2D eigenvalue weighted by molar-refractivity contribution is 7.09. The van der Waals surface area contributed by atoms with E-state index in [2.05, 4.69) is 20.5 Å². The van der Waals surface area contributed by atoms with Gasteiger partial charge in [0.1, 0.15) is 19.3 Å². The van der Waals surface area contributed by atoms with Gasteiger partial charge < -0.3 is 30.1 Å². The number of rotatable bonds is 7. The van der Waals surface area contributed by atoms with Crippen LogP contribution in [0.15, 0.2) is 47.8 Å². The molecule has 9 heteroatoms. The molecule has 2 aliphatic rings. The van der Waals surface area contributed by atoms with Gasteiger partial charge in [-0.15, -0.1) is 11.3 Å². The molecule has 3 aromatic rings. The van der Waals surface area contributed by atoms with E-state index < -0.39 is 12.1 Å². The molecule has 2 unspecified atom stereocenters. The van der Waals surface area contributed by atoms with Gasteiger partial charge in [-0.3, -0.25) is 0 Å². The molecule has 3 heterocycles. The molecule has 3 N–H and O–H groups in total. The number of aryl methyl sites for hydroxylation is 1. The van der Waals surface area contributed by atoms with Crippen LogP contribution in [-0.2, 0) is 0 Å². The van der Waals surface area contributed by atoms with Crippen LogP contribution in [0, 0.1) is 6.92 Å². The maximum atomic E-state index is 12.9. The first-order chi connectivity index (χ1) is 17.0. The topological polar surface area (TPSA) is 96.0 Å². The Labute approximate surface area is 208 Å². The van der Waals surface area contributed by atoms with Crippen molar-refractivity contribution in [1.29, 1.82) is 0 Å². The lowest BCUT2D eigenvalue weighted by molar-refractivity contribution is 0.110. The Kier molecular flexibility index (Phi) is 7.17. The Morgan fingerprint density at radius 3 is 2.57 bits per heavy atom. The largest absolute Gasteiger partial charge is 0.486 e. The number of ether oxygens (including phenoxy) is 2. The van der Waals surface area contributed by atoms with E-state index in [1.165, 1.54) is 0 Å². The quantitative estimate of drug-likeness (QED) is 0.455. The highest BCUT2D eigenvalue weighted by atomic mass is 32.1. The smallest absolute Gasteiger partial charge is 0.319 e. The second kappa shape index (κ2) is 10.6. The molecular formula is C26H30N4O4S. The third-order valence-corrected chi connectivity index (χ3v) is 7.09. The molecule has 2 aromatic carbocycles. The first kappa shape index (κ1) is 23.6. The number of hydrogen-bond acceptors (Lipinski definition) is 7. The highest BCUT2D eigenvalue weighted by Crippen LogP contribution is 2.33. The zero-order chi connectivity index (χ0) is 24.2. The van der Waals surface area contributed by atoms with E-state index in [9.17, 15) is 9.90 Å². The second-order valence-corrected chi connectivity index (χ2v) is 9.95. The van der Waals surface area contributed by atoms with E-state index in [1.54, 1.807) is 17.4 Å². The summed E-state index contributed by atoms with van der Waals surface area (Å²) in [5.41, 5.74) is 3.28. The van der Waals surface area contributed by atoms with Crippen molar-refractivity contribution < 1.29 is 19.4 Å². The number of anilines is 1. The van der Waals surface area contributed by atoms with Crippen LogP contribution in [0.5, 0.6) is 11.5 Å². The van der Waals surface area contributed by atoms with E-state index in [-0.39, 0.29) is 6.03 Å². The number of aliphatic hydroxyl groups excluding tert-OH is 1. The van der Waals surface area contributed by atoms with E-state index in [0.717, 1.165) is 42.2 Å². The first-order valence-corrected chi connectivity index (χ1v) is 12.8.